The molecule has 0 radical (unpaired) electrons. The summed E-state index contributed by atoms with van der Waals surface area (Å²) in [5, 5.41) is 2.85. The van der Waals surface area contributed by atoms with Gasteiger partial charge in [-0.1, -0.05) is 32.0 Å². The van der Waals surface area contributed by atoms with Crippen LogP contribution >= 0.6 is 11.8 Å². The number of thioether (sulfide) groups is 1. The largest absolute Gasteiger partial charge is 0.467 e. The van der Waals surface area contributed by atoms with E-state index >= 15 is 0 Å². The average Bonchev–Trinajstić information content (AvgIpc) is 2.68. The smallest absolute Gasteiger partial charge is 0.328 e. The van der Waals surface area contributed by atoms with Crippen LogP contribution in [0.4, 0.5) is 5.69 Å². The maximum absolute atomic E-state index is 12.9. The molecule has 0 saturated heterocycles. The summed E-state index contributed by atoms with van der Waals surface area (Å²) >= 11 is 1.62. The fourth-order valence-electron chi connectivity index (χ4n) is 2.61. The van der Waals surface area contributed by atoms with Gasteiger partial charge < -0.3 is 20.7 Å². The van der Waals surface area contributed by atoms with E-state index < -0.39 is 18.1 Å². The number of methoxy groups -OCH3 is 1. The van der Waals surface area contributed by atoms with E-state index in [4.69, 9.17) is 10.5 Å². The lowest BCUT2D eigenvalue weighted by molar-refractivity contribution is -0.145. The van der Waals surface area contributed by atoms with Crippen molar-refractivity contribution < 1.29 is 14.3 Å². The fourth-order valence-corrected chi connectivity index (χ4v) is 3.08. The first-order chi connectivity index (χ1) is 12.8. The summed E-state index contributed by atoms with van der Waals surface area (Å²) in [6, 6.07) is 8.53. The van der Waals surface area contributed by atoms with Crippen molar-refractivity contribution >= 4 is 29.3 Å². The molecule has 6 nitrogen and oxygen atoms in total. The van der Waals surface area contributed by atoms with E-state index in [9.17, 15) is 9.59 Å². The molecule has 1 rings (SSSR count). The monoisotopic (exact) mass is 395 g/mol. The van der Waals surface area contributed by atoms with Crippen LogP contribution in [-0.2, 0) is 14.3 Å². The maximum atomic E-state index is 12.9. The number of carbonyl (C=O) groups is 2. The molecule has 0 aromatic heterocycles. The van der Waals surface area contributed by atoms with Gasteiger partial charge in [-0.15, -0.1) is 0 Å². The highest BCUT2D eigenvalue weighted by atomic mass is 32.2. The Morgan fingerprint density at radius 1 is 1.22 bits per heavy atom. The first-order valence-corrected chi connectivity index (χ1v) is 10.7. The summed E-state index contributed by atoms with van der Waals surface area (Å²) in [6.07, 6.45) is 2.49. The minimum absolute atomic E-state index is 0.0756. The zero-order valence-electron chi connectivity index (χ0n) is 17.0. The lowest BCUT2D eigenvalue weighted by Crippen LogP contribution is -2.54. The molecular weight excluding hydrogens is 362 g/mol. The molecule has 152 valence electrons. The van der Waals surface area contributed by atoms with Crippen LogP contribution in [0, 0.1) is 5.92 Å². The Bertz CT molecular complexity index is 583. The van der Waals surface area contributed by atoms with Crippen molar-refractivity contribution in [2.75, 3.05) is 30.6 Å². The van der Waals surface area contributed by atoms with Crippen LogP contribution in [0.15, 0.2) is 30.3 Å². The number of nitrogens with one attached hydrogen (secondary N) is 1. The number of esters is 1. The van der Waals surface area contributed by atoms with Gasteiger partial charge >= 0.3 is 5.97 Å². The van der Waals surface area contributed by atoms with Gasteiger partial charge in [0.2, 0.25) is 5.91 Å². The predicted molar refractivity (Wildman–Crippen MR) is 113 cm³/mol. The first-order valence-electron chi connectivity index (χ1n) is 9.26. The normalized spacial score (nSPS) is 14.3. The highest BCUT2D eigenvalue weighted by Crippen LogP contribution is 2.18. The maximum Gasteiger partial charge on any atom is 0.328 e. The minimum Gasteiger partial charge on any atom is -0.467 e. The van der Waals surface area contributed by atoms with Crippen molar-refractivity contribution in [2.24, 2.45) is 11.7 Å². The van der Waals surface area contributed by atoms with Crippen LogP contribution in [0.2, 0.25) is 0 Å². The third kappa shape index (κ3) is 7.42. The molecule has 7 heteroatoms. The number of hydrogen-bond donors (Lipinski definition) is 2. The molecule has 27 heavy (non-hydrogen) atoms. The molecule has 0 bridgehead atoms. The molecule has 1 aromatic carbocycles. The number of amides is 1. The van der Waals surface area contributed by atoms with Gasteiger partial charge in [-0.2, -0.15) is 11.8 Å². The van der Waals surface area contributed by atoms with Crippen molar-refractivity contribution in [3.8, 4) is 0 Å². The number of para-hydroxylation sites is 1. The Balaban J connectivity index is 2.96. The van der Waals surface area contributed by atoms with Crippen LogP contribution in [0.1, 0.15) is 27.2 Å². The van der Waals surface area contributed by atoms with Crippen LogP contribution < -0.4 is 16.0 Å². The lowest BCUT2D eigenvalue weighted by atomic mass is 10.0. The number of benzene rings is 1. The number of hydrogen-bond acceptors (Lipinski definition) is 6. The second kappa shape index (κ2) is 11.9. The van der Waals surface area contributed by atoms with E-state index in [2.05, 4.69) is 19.2 Å². The van der Waals surface area contributed by atoms with Crippen LogP contribution in [0.3, 0.4) is 0 Å². The fraction of sp³-hybridized carbons (Fsp3) is 0.600. The zero-order chi connectivity index (χ0) is 20.4. The Labute approximate surface area is 167 Å². The topological polar surface area (TPSA) is 84.7 Å². The van der Waals surface area contributed by atoms with E-state index in [1.54, 1.807) is 11.8 Å². The van der Waals surface area contributed by atoms with E-state index in [0.717, 1.165) is 11.4 Å². The van der Waals surface area contributed by atoms with Crippen LogP contribution in [-0.4, -0.2) is 55.7 Å². The van der Waals surface area contributed by atoms with Crippen molar-refractivity contribution in [1.29, 1.82) is 0 Å². The molecule has 1 amide bonds. The van der Waals surface area contributed by atoms with Gasteiger partial charge in [0.15, 0.2) is 0 Å². The second-order valence-corrected chi connectivity index (χ2v) is 7.92. The van der Waals surface area contributed by atoms with Gasteiger partial charge in [-0.05, 0) is 43.4 Å². The van der Waals surface area contributed by atoms with Gasteiger partial charge in [0.05, 0.1) is 7.11 Å². The summed E-state index contributed by atoms with van der Waals surface area (Å²) in [5.74, 6) is 0.409. The molecule has 0 aliphatic rings. The number of nitrogens with zero attached hydrogens (tertiary/aromatic N) is 1. The van der Waals surface area contributed by atoms with Crippen molar-refractivity contribution in [3.05, 3.63) is 30.3 Å². The van der Waals surface area contributed by atoms with Crippen molar-refractivity contribution in [1.82, 2.24) is 5.32 Å². The molecule has 0 fully saturated rings. The lowest BCUT2D eigenvalue weighted by Gasteiger charge is -2.34. The highest BCUT2D eigenvalue weighted by molar-refractivity contribution is 7.98. The Kier molecular flexibility index (Phi) is 10.3. The summed E-state index contributed by atoms with van der Waals surface area (Å²) in [6.45, 7) is 6.50. The van der Waals surface area contributed by atoms with Crippen LogP contribution in [0.5, 0.6) is 0 Å². The molecule has 0 aliphatic carbocycles. The summed E-state index contributed by atoms with van der Waals surface area (Å²) in [7, 11) is 1.34. The predicted octanol–water partition coefficient (Wildman–Crippen LogP) is 2.28. The molecule has 3 atom stereocenters. The Morgan fingerprint density at radius 2 is 1.85 bits per heavy atom. The second-order valence-electron chi connectivity index (χ2n) is 6.94. The SMILES string of the molecule is COC(=O)[C@H](CCSC)NC(=O)[C@H](C)N(C[C@@H](N)C(C)C)c1ccccc1. The van der Waals surface area contributed by atoms with E-state index in [0.29, 0.717) is 13.0 Å². The highest BCUT2D eigenvalue weighted by Gasteiger charge is 2.28. The molecule has 0 spiro atoms. The van der Waals surface area contributed by atoms with E-state index in [1.165, 1.54) is 7.11 Å². The first kappa shape index (κ1) is 23.3. The number of rotatable bonds is 11. The molecule has 0 saturated carbocycles. The summed E-state index contributed by atoms with van der Waals surface area (Å²) in [4.78, 5) is 26.9. The molecule has 1 aromatic rings. The quantitative estimate of drug-likeness (QED) is 0.559. The summed E-state index contributed by atoms with van der Waals surface area (Å²) < 4.78 is 4.83. The molecular formula is C20H33N3O3S. The molecule has 0 aliphatic heterocycles. The van der Waals surface area contributed by atoms with Crippen LogP contribution in [0.25, 0.3) is 0 Å². The van der Waals surface area contributed by atoms with Gasteiger partial charge in [-0.3, -0.25) is 4.79 Å². The number of nitrogens with two attached hydrogens (primary N) is 1. The van der Waals surface area contributed by atoms with Gasteiger partial charge in [0.1, 0.15) is 12.1 Å². The molecule has 0 heterocycles. The zero-order valence-corrected chi connectivity index (χ0v) is 17.8. The third-order valence-corrected chi connectivity index (χ3v) is 5.26. The van der Waals surface area contributed by atoms with E-state index in [1.807, 2.05) is 48.4 Å². The number of anilines is 1. The van der Waals surface area contributed by atoms with Crippen molar-refractivity contribution in [3.63, 3.8) is 0 Å². The Hall–Kier alpha value is -1.73. The molecule has 3 N–H and O–H groups in total. The third-order valence-electron chi connectivity index (χ3n) is 4.61. The average molecular weight is 396 g/mol. The molecule has 0 unspecified atom stereocenters. The standard InChI is InChI=1S/C20H33N3O3S/c1-14(2)17(21)13-23(16-9-7-6-8-10-16)15(3)19(24)22-18(11-12-27-5)20(25)26-4/h6-10,14-15,17-18H,11-13,21H2,1-5H3,(H,22,24)/t15-,17+,18-/m0/s1. The Morgan fingerprint density at radius 3 is 2.37 bits per heavy atom. The summed E-state index contributed by atoms with van der Waals surface area (Å²) in [5.41, 5.74) is 7.21. The van der Waals surface area contributed by atoms with E-state index in [-0.39, 0.29) is 17.9 Å². The van der Waals surface area contributed by atoms with Gasteiger partial charge in [0, 0.05) is 18.3 Å². The number of ether oxygens (including phenoxy) is 1. The van der Waals surface area contributed by atoms with Crippen molar-refractivity contribution in [2.45, 2.75) is 45.3 Å². The number of carbonyl (C=O) groups excluding carboxylic acids is 2. The van der Waals surface area contributed by atoms with Gasteiger partial charge in [-0.25, -0.2) is 4.79 Å². The minimum atomic E-state index is -0.645. The van der Waals surface area contributed by atoms with Gasteiger partial charge in [0.25, 0.3) is 0 Å².